The smallest absolute Gasteiger partial charge is 0.220 e. The van der Waals surface area contributed by atoms with Crippen molar-refractivity contribution in [2.24, 2.45) is 10.9 Å². The molecule has 2 heterocycles. The standard InChI is InChI=1S/C19H32N6O/c1-5-21-19(22-14-16-7-6-8-17(23-16)24(3)4)25-11-9-15(10-12-25)13-18(26)20-2/h6-8,15H,5,9-14H2,1-4H3,(H,20,26)(H,21,22). The Morgan fingerprint density at radius 1 is 1.35 bits per heavy atom. The van der Waals surface area contributed by atoms with Crippen LogP contribution in [0.1, 0.15) is 31.9 Å². The first-order valence-corrected chi connectivity index (χ1v) is 9.40. The molecule has 7 nitrogen and oxygen atoms in total. The quantitative estimate of drug-likeness (QED) is 0.594. The van der Waals surface area contributed by atoms with Crippen molar-refractivity contribution in [3.8, 4) is 0 Å². The number of aromatic nitrogens is 1. The molecule has 1 fully saturated rings. The van der Waals surface area contributed by atoms with Crippen molar-refractivity contribution in [3.63, 3.8) is 0 Å². The number of rotatable bonds is 6. The van der Waals surface area contributed by atoms with Gasteiger partial charge in [0.15, 0.2) is 5.96 Å². The number of hydrogen-bond donors (Lipinski definition) is 2. The molecule has 1 aliphatic heterocycles. The number of guanidine groups is 1. The van der Waals surface area contributed by atoms with E-state index in [-0.39, 0.29) is 5.91 Å². The summed E-state index contributed by atoms with van der Waals surface area (Å²) in [4.78, 5) is 25.3. The molecule has 1 amide bonds. The van der Waals surface area contributed by atoms with Crippen LogP contribution in [0.25, 0.3) is 0 Å². The minimum atomic E-state index is 0.135. The van der Waals surface area contributed by atoms with Gasteiger partial charge in [-0.3, -0.25) is 4.79 Å². The van der Waals surface area contributed by atoms with Gasteiger partial charge in [0.25, 0.3) is 0 Å². The minimum absolute atomic E-state index is 0.135. The highest BCUT2D eigenvalue weighted by Crippen LogP contribution is 2.20. The molecule has 0 spiro atoms. The van der Waals surface area contributed by atoms with Crippen LogP contribution in [0.3, 0.4) is 0 Å². The summed E-state index contributed by atoms with van der Waals surface area (Å²) >= 11 is 0. The summed E-state index contributed by atoms with van der Waals surface area (Å²) in [6.45, 7) is 5.33. The lowest BCUT2D eigenvalue weighted by Crippen LogP contribution is -2.46. The number of nitrogens with zero attached hydrogens (tertiary/aromatic N) is 4. The summed E-state index contributed by atoms with van der Waals surface area (Å²) < 4.78 is 0. The molecule has 2 rings (SSSR count). The summed E-state index contributed by atoms with van der Waals surface area (Å²) in [6.07, 6.45) is 2.66. The van der Waals surface area contributed by atoms with Crippen LogP contribution in [-0.2, 0) is 11.3 Å². The van der Waals surface area contributed by atoms with Crippen molar-refractivity contribution in [1.82, 2.24) is 20.5 Å². The van der Waals surface area contributed by atoms with Crippen molar-refractivity contribution in [2.45, 2.75) is 32.7 Å². The Labute approximate surface area is 156 Å². The van der Waals surface area contributed by atoms with E-state index >= 15 is 0 Å². The number of hydrogen-bond acceptors (Lipinski definition) is 4. The van der Waals surface area contributed by atoms with Gasteiger partial charge in [-0.15, -0.1) is 0 Å². The van der Waals surface area contributed by atoms with Gasteiger partial charge in [-0.2, -0.15) is 0 Å². The van der Waals surface area contributed by atoms with Crippen LogP contribution in [0.2, 0.25) is 0 Å². The van der Waals surface area contributed by atoms with Crippen LogP contribution in [0, 0.1) is 5.92 Å². The molecule has 1 aromatic rings. The second-order valence-electron chi connectivity index (χ2n) is 6.86. The summed E-state index contributed by atoms with van der Waals surface area (Å²) in [7, 11) is 5.68. The number of nitrogens with one attached hydrogen (secondary N) is 2. The largest absolute Gasteiger partial charge is 0.363 e. The molecule has 0 unspecified atom stereocenters. The molecule has 0 saturated carbocycles. The average molecular weight is 361 g/mol. The topological polar surface area (TPSA) is 72.9 Å². The monoisotopic (exact) mass is 360 g/mol. The van der Waals surface area contributed by atoms with Crippen molar-refractivity contribution >= 4 is 17.7 Å². The molecule has 26 heavy (non-hydrogen) atoms. The van der Waals surface area contributed by atoms with E-state index in [1.54, 1.807) is 7.05 Å². The molecule has 0 radical (unpaired) electrons. The third-order valence-electron chi connectivity index (χ3n) is 4.64. The maximum atomic E-state index is 11.6. The molecule has 0 aromatic carbocycles. The summed E-state index contributed by atoms with van der Waals surface area (Å²) in [5, 5.41) is 6.10. The van der Waals surface area contributed by atoms with Gasteiger partial charge in [0.2, 0.25) is 5.91 Å². The first-order valence-electron chi connectivity index (χ1n) is 9.40. The Bertz CT molecular complexity index is 608. The highest BCUT2D eigenvalue weighted by molar-refractivity contribution is 5.80. The number of likely N-dealkylation sites (tertiary alicyclic amines) is 1. The molecule has 2 N–H and O–H groups in total. The Balaban J connectivity index is 1.97. The Kier molecular flexibility index (Phi) is 7.69. The minimum Gasteiger partial charge on any atom is -0.363 e. The van der Waals surface area contributed by atoms with E-state index in [1.807, 2.05) is 37.2 Å². The third-order valence-corrected chi connectivity index (χ3v) is 4.64. The number of amides is 1. The molecular weight excluding hydrogens is 328 g/mol. The van der Waals surface area contributed by atoms with E-state index < -0.39 is 0 Å². The molecule has 1 saturated heterocycles. The predicted molar refractivity (Wildman–Crippen MR) is 106 cm³/mol. The first kappa shape index (κ1) is 20.0. The van der Waals surface area contributed by atoms with E-state index in [1.165, 1.54) is 0 Å². The van der Waals surface area contributed by atoms with E-state index in [0.29, 0.717) is 18.9 Å². The van der Waals surface area contributed by atoms with Gasteiger partial charge in [-0.1, -0.05) is 6.07 Å². The fourth-order valence-corrected chi connectivity index (χ4v) is 3.10. The first-order chi connectivity index (χ1) is 12.5. The van der Waals surface area contributed by atoms with Crippen LogP contribution >= 0.6 is 0 Å². The normalized spacial score (nSPS) is 15.7. The third kappa shape index (κ3) is 5.89. The van der Waals surface area contributed by atoms with E-state index in [0.717, 1.165) is 49.9 Å². The van der Waals surface area contributed by atoms with Crippen LogP contribution in [0.15, 0.2) is 23.2 Å². The lowest BCUT2D eigenvalue weighted by Gasteiger charge is -2.34. The van der Waals surface area contributed by atoms with Gasteiger partial charge in [0.1, 0.15) is 5.82 Å². The number of carbonyl (C=O) groups excluding carboxylic acids is 1. The molecule has 0 atom stereocenters. The van der Waals surface area contributed by atoms with Crippen LogP contribution in [0.4, 0.5) is 5.82 Å². The highest BCUT2D eigenvalue weighted by Gasteiger charge is 2.23. The Morgan fingerprint density at radius 2 is 2.08 bits per heavy atom. The zero-order valence-electron chi connectivity index (χ0n) is 16.5. The SMILES string of the molecule is CCNC(=NCc1cccc(N(C)C)n1)N1CCC(CC(=O)NC)CC1. The molecule has 0 aliphatic carbocycles. The number of carbonyl (C=O) groups is 1. The van der Waals surface area contributed by atoms with E-state index in [4.69, 9.17) is 4.99 Å². The summed E-state index contributed by atoms with van der Waals surface area (Å²) in [5.41, 5.74) is 0.959. The summed E-state index contributed by atoms with van der Waals surface area (Å²) in [6, 6.07) is 6.02. The van der Waals surface area contributed by atoms with Gasteiger partial charge in [-0.05, 0) is 37.8 Å². The average Bonchev–Trinajstić information content (AvgIpc) is 2.66. The van der Waals surface area contributed by atoms with E-state index in [9.17, 15) is 4.79 Å². The second-order valence-corrected chi connectivity index (χ2v) is 6.86. The Hall–Kier alpha value is -2.31. The van der Waals surface area contributed by atoms with Crippen LogP contribution in [-0.4, -0.2) is 62.5 Å². The van der Waals surface area contributed by atoms with Crippen LogP contribution < -0.4 is 15.5 Å². The van der Waals surface area contributed by atoms with Crippen molar-refractivity contribution in [3.05, 3.63) is 23.9 Å². The number of anilines is 1. The maximum absolute atomic E-state index is 11.6. The van der Waals surface area contributed by atoms with Gasteiger partial charge >= 0.3 is 0 Å². The van der Waals surface area contributed by atoms with Crippen molar-refractivity contribution in [2.75, 3.05) is 45.7 Å². The number of pyridine rings is 1. The Morgan fingerprint density at radius 3 is 2.69 bits per heavy atom. The van der Waals surface area contributed by atoms with Crippen molar-refractivity contribution < 1.29 is 4.79 Å². The molecule has 1 aliphatic rings. The van der Waals surface area contributed by atoms with Gasteiger partial charge in [0.05, 0.1) is 12.2 Å². The molecule has 1 aromatic heterocycles. The second kappa shape index (κ2) is 9.99. The lowest BCUT2D eigenvalue weighted by atomic mass is 9.93. The van der Waals surface area contributed by atoms with Crippen LogP contribution in [0.5, 0.6) is 0 Å². The zero-order valence-corrected chi connectivity index (χ0v) is 16.5. The molecule has 144 valence electrons. The lowest BCUT2D eigenvalue weighted by molar-refractivity contribution is -0.121. The van der Waals surface area contributed by atoms with E-state index in [2.05, 4.69) is 27.4 Å². The molecule has 7 heteroatoms. The van der Waals surface area contributed by atoms with Gasteiger partial charge < -0.3 is 20.4 Å². The molecule has 0 bridgehead atoms. The highest BCUT2D eigenvalue weighted by atomic mass is 16.1. The fraction of sp³-hybridized carbons (Fsp3) is 0.632. The maximum Gasteiger partial charge on any atom is 0.220 e. The number of piperidine rings is 1. The van der Waals surface area contributed by atoms with Gasteiger partial charge in [-0.25, -0.2) is 9.98 Å². The zero-order chi connectivity index (χ0) is 18.9. The predicted octanol–water partition coefficient (Wildman–Crippen LogP) is 1.46. The molecular formula is C19H32N6O. The fourth-order valence-electron chi connectivity index (χ4n) is 3.10. The number of aliphatic imine (C=N–C) groups is 1. The summed E-state index contributed by atoms with van der Waals surface area (Å²) in [5.74, 6) is 2.48. The van der Waals surface area contributed by atoms with Crippen molar-refractivity contribution in [1.29, 1.82) is 0 Å². The van der Waals surface area contributed by atoms with Gasteiger partial charge in [0, 0.05) is 47.2 Å².